The number of rotatable bonds is 10. The number of benzene rings is 3. The second kappa shape index (κ2) is 12.9. The van der Waals surface area contributed by atoms with Crippen LogP contribution in [0.1, 0.15) is 26.3 Å². The van der Waals surface area contributed by atoms with E-state index in [-0.39, 0.29) is 28.6 Å². The second-order valence-corrected chi connectivity index (χ2v) is 7.73. The van der Waals surface area contributed by atoms with Crippen LogP contribution in [0.5, 0.6) is 23.0 Å². The molecule has 37 heavy (non-hydrogen) atoms. The van der Waals surface area contributed by atoms with E-state index in [2.05, 4.69) is 15.8 Å². The van der Waals surface area contributed by atoms with Crippen molar-refractivity contribution >= 4 is 35.6 Å². The van der Waals surface area contributed by atoms with Crippen LogP contribution in [-0.2, 0) is 4.79 Å². The zero-order chi connectivity index (χ0) is 26.8. The molecule has 192 valence electrons. The molecule has 0 unspecified atom stereocenters. The zero-order valence-corrected chi connectivity index (χ0v) is 21.0. The number of hydrazone groups is 1. The molecule has 0 aliphatic rings. The van der Waals surface area contributed by atoms with Crippen molar-refractivity contribution in [2.45, 2.75) is 0 Å². The molecule has 0 aliphatic heterocycles. The van der Waals surface area contributed by atoms with Crippen molar-refractivity contribution in [1.29, 1.82) is 0 Å². The number of ether oxygens (including phenoxy) is 4. The maximum atomic E-state index is 12.4. The summed E-state index contributed by atoms with van der Waals surface area (Å²) in [6.07, 6.45) is 1.37. The molecule has 0 aromatic heterocycles. The minimum absolute atomic E-state index is 0.187. The third kappa shape index (κ3) is 7.21. The standard InChI is InChI=1S/C26H24ClN3O7/c1-34-20-11-9-17(13-23(20)36-3)25(32)28-15-24(31)30-29-14-16-8-10-21(22(12-16)35-2)37-26(33)18-6-4-5-7-19(18)27/h4-14H,15H2,1-3H3,(H,28,32)(H,30,31). The fourth-order valence-corrected chi connectivity index (χ4v) is 3.30. The molecule has 0 saturated heterocycles. The molecule has 3 aromatic carbocycles. The van der Waals surface area contributed by atoms with Gasteiger partial charge in [0.2, 0.25) is 0 Å². The monoisotopic (exact) mass is 525 g/mol. The Morgan fingerprint density at radius 3 is 2.24 bits per heavy atom. The Labute approximate surface area is 218 Å². The third-order valence-corrected chi connectivity index (χ3v) is 5.27. The normalized spacial score (nSPS) is 10.5. The molecule has 0 aliphatic carbocycles. The first-order chi connectivity index (χ1) is 17.9. The lowest BCUT2D eigenvalue weighted by Crippen LogP contribution is -2.34. The Balaban J connectivity index is 1.55. The van der Waals surface area contributed by atoms with E-state index in [0.29, 0.717) is 22.6 Å². The molecule has 11 heteroatoms. The first kappa shape index (κ1) is 27.0. The number of esters is 1. The summed E-state index contributed by atoms with van der Waals surface area (Å²) in [6, 6.07) is 15.9. The van der Waals surface area contributed by atoms with Crippen LogP contribution in [0.2, 0.25) is 5.02 Å². The maximum absolute atomic E-state index is 12.4. The van der Waals surface area contributed by atoms with Crippen LogP contribution in [0.25, 0.3) is 0 Å². The summed E-state index contributed by atoms with van der Waals surface area (Å²) in [5.74, 6) is -0.301. The Hall–Kier alpha value is -4.57. The summed E-state index contributed by atoms with van der Waals surface area (Å²) in [7, 11) is 4.37. The predicted octanol–water partition coefficient (Wildman–Crippen LogP) is 3.47. The number of halogens is 1. The van der Waals surface area contributed by atoms with Crippen LogP contribution in [0.15, 0.2) is 65.8 Å². The van der Waals surface area contributed by atoms with E-state index in [1.165, 1.54) is 39.7 Å². The molecular formula is C26H24ClN3O7. The minimum atomic E-state index is -0.632. The number of carbonyl (C=O) groups is 3. The third-order valence-electron chi connectivity index (χ3n) is 4.94. The summed E-state index contributed by atoms with van der Waals surface area (Å²) in [4.78, 5) is 36.8. The van der Waals surface area contributed by atoms with Gasteiger partial charge in [0.1, 0.15) is 0 Å². The van der Waals surface area contributed by atoms with Gasteiger partial charge in [-0.3, -0.25) is 9.59 Å². The number of hydrogen-bond donors (Lipinski definition) is 2. The van der Waals surface area contributed by atoms with E-state index in [1.54, 1.807) is 48.5 Å². The van der Waals surface area contributed by atoms with Crippen molar-refractivity contribution in [3.63, 3.8) is 0 Å². The number of hydrogen-bond acceptors (Lipinski definition) is 8. The summed E-state index contributed by atoms with van der Waals surface area (Å²) in [5, 5.41) is 6.64. The molecule has 2 N–H and O–H groups in total. The molecule has 0 spiro atoms. The molecule has 0 atom stereocenters. The van der Waals surface area contributed by atoms with Gasteiger partial charge in [-0.15, -0.1) is 0 Å². The van der Waals surface area contributed by atoms with Gasteiger partial charge in [0.15, 0.2) is 23.0 Å². The lowest BCUT2D eigenvalue weighted by Gasteiger charge is -2.10. The van der Waals surface area contributed by atoms with Gasteiger partial charge in [-0.25, -0.2) is 10.2 Å². The fourth-order valence-electron chi connectivity index (χ4n) is 3.09. The van der Waals surface area contributed by atoms with Crippen molar-refractivity contribution in [2.75, 3.05) is 27.9 Å². The summed E-state index contributed by atoms with van der Waals surface area (Å²) in [6.45, 7) is -0.301. The van der Waals surface area contributed by atoms with Crippen molar-refractivity contribution in [3.8, 4) is 23.0 Å². The van der Waals surface area contributed by atoms with E-state index in [4.69, 9.17) is 30.5 Å². The first-order valence-electron chi connectivity index (χ1n) is 10.8. The molecule has 0 heterocycles. The molecule has 2 amide bonds. The Morgan fingerprint density at radius 2 is 1.54 bits per heavy atom. The van der Waals surface area contributed by atoms with E-state index in [9.17, 15) is 14.4 Å². The van der Waals surface area contributed by atoms with Gasteiger partial charge in [0.25, 0.3) is 11.8 Å². The molecule has 0 bridgehead atoms. The van der Waals surface area contributed by atoms with Gasteiger partial charge in [-0.05, 0) is 54.1 Å². The van der Waals surface area contributed by atoms with Crippen molar-refractivity contribution in [1.82, 2.24) is 10.7 Å². The number of nitrogens with one attached hydrogen (secondary N) is 2. The smallest absolute Gasteiger partial charge is 0.345 e. The summed E-state index contributed by atoms with van der Waals surface area (Å²) < 4.78 is 21.0. The minimum Gasteiger partial charge on any atom is -0.493 e. The largest absolute Gasteiger partial charge is 0.493 e. The average molecular weight is 526 g/mol. The van der Waals surface area contributed by atoms with Gasteiger partial charge in [0, 0.05) is 5.56 Å². The molecule has 3 aromatic rings. The summed E-state index contributed by atoms with van der Waals surface area (Å²) in [5.41, 5.74) is 3.40. The lowest BCUT2D eigenvalue weighted by atomic mass is 10.2. The zero-order valence-electron chi connectivity index (χ0n) is 20.2. The van der Waals surface area contributed by atoms with E-state index < -0.39 is 17.8 Å². The Bertz CT molecular complexity index is 1330. The van der Waals surface area contributed by atoms with Crippen LogP contribution >= 0.6 is 11.6 Å². The van der Waals surface area contributed by atoms with Crippen molar-refractivity contribution in [3.05, 3.63) is 82.4 Å². The highest BCUT2D eigenvalue weighted by atomic mass is 35.5. The number of carbonyl (C=O) groups excluding carboxylic acids is 3. The second-order valence-electron chi connectivity index (χ2n) is 7.33. The maximum Gasteiger partial charge on any atom is 0.345 e. The van der Waals surface area contributed by atoms with Crippen molar-refractivity contribution < 1.29 is 33.3 Å². The van der Waals surface area contributed by atoms with Gasteiger partial charge in [-0.2, -0.15) is 5.10 Å². The fraction of sp³-hybridized carbons (Fsp3) is 0.154. The highest BCUT2D eigenvalue weighted by Gasteiger charge is 2.15. The molecule has 0 saturated carbocycles. The molecule has 3 rings (SSSR count). The van der Waals surface area contributed by atoms with Gasteiger partial charge >= 0.3 is 5.97 Å². The topological polar surface area (TPSA) is 125 Å². The number of methoxy groups -OCH3 is 3. The van der Waals surface area contributed by atoms with E-state index >= 15 is 0 Å². The quantitative estimate of drug-likeness (QED) is 0.180. The van der Waals surface area contributed by atoms with Crippen LogP contribution in [0, 0.1) is 0 Å². The number of nitrogens with zero attached hydrogens (tertiary/aromatic N) is 1. The summed E-state index contributed by atoms with van der Waals surface area (Å²) >= 11 is 6.04. The van der Waals surface area contributed by atoms with Crippen molar-refractivity contribution in [2.24, 2.45) is 5.10 Å². The first-order valence-corrected chi connectivity index (χ1v) is 11.2. The molecular weight excluding hydrogens is 502 g/mol. The van der Waals surface area contributed by atoms with Gasteiger partial charge < -0.3 is 24.3 Å². The molecule has 0 fully saturated rings. The molecule has 0 radical (unpaired) electrons. The highest BCUT2D eigenvalue weighted by molar-refractivity contribution is 6.33. The van der Waals surface area contributed by atoms with Crippen LogP contribution in [-0.4, -0.2) is 51.9 Å². The molecule has 10 nitrogen and oxygen atoms in total. The van der Waals surface area contributed by atoms with Gasteiger partial charge in [-0.1, -0.05) is 23.7 Å². The van der Waals surface area contributed by atoms with Crippen LogP contribution in [0.4, 0.5) is 0 Å². The Morgan fingerprint density at radius 1 is 0.865 bits per heavy atom. The predicted molar refractivity (Wildman–Crippen MR) is 137 cm³/mol. The van der Waals surface area contributed by atoms with Crippen LogP contribution in [0.3, 0.4) is 0 Å². The van der Waals surface area contributed by atoms with E-state index in [1.807, 2.05) is 0 Å². The highest BCUT2D eigenvalue weighted by Crippen LogP contribution is 2.29. The Kier molecular flexibility index (Phi) is 9.45. The lowest BCUT2D eigenvalue weighted by molar-refractivity contribution is -0.120. The number of amides is 2. The van der Waals surface area contributed by atoms with Gasteiger partial charge in [0.05, 0.1) is 44.7 Å². The average Bonchev–Trinajstić information content (AvgIpc) is 2.92. The van der Waals surface area contributed by atoms with Crippen LogP contribution < -0.4 is 29.7 Å². The SMILES string of the molecule is COc1ccc(C(=O)NCC(=O)NN=Cc2ccc(OC(=O)c3ccccc3Cl)c(OC)c2)cc1OC. The van der Waals surface area contributed by atoms with E-state index in [0.717, 1.165) is 0 Å².